The van der Waals surface area contributed by atoms with Crippen molar-refractivity contribution in [2.24, 2.45) is 0 Å². The zero-order chi connectivity index (χ0) is 22.4. The summed E-state index contributed by atoms with van der Waals surface area (Å²) in [5, 5.41) is 8.98. The third-order valence-corrected chi connectivity index (χ3v) is 6.06. The van der Waals surface area contributed by atoms with Crippen molar-refractivity contribution in [3.05, 3.63) is 82.6 Å². The number of carbonyl (C=O) groups is 1. The Morgan fingerprint density at radius 2 is 1.71 bits per heavy atom. The van der Waals surface area contributed by atoms with Crippen molar-refractivity contribution >= 4 is 68.0 Å². The zero-order valence-corrected chi connectivity index (χ0v) is 20.1. The number of thiocarbonyl (C=S) groups is 1. The van der Waals surface area contributed by atoms with Crippen LogP contribution in [0, 0.1) is 12.7 Å². The van der Waals surface area contributed by atoms with Crippen LogP contribution in [0.4, 0.5) is 21.5 Å². The Bertz CT molecular complexity index is 1090. The third kappa shape index (κ3) is 7.05. The normalized spacial score (nSPS) is 11.5. The van der Waals surface area contributed by atoms with E-state index in [2.05, 4.69) is 31.9 Å². The first kappa shape index (κ1) is 23.2. The molecule has 3 N–H and O–H groups in total. The largest absolute Gasteiger partial charge is 0.332 e. The summed E-state index contributed by atoms with van der Waals surface area (Å²) >= 11 is 9.97. The number of hydrogen-bond donors (Lipinski definition) is 3. The molecule has 8 heteroatoms. The average molecular weight is 518 g/mol. The third-order valence-electron chi connectivity index (χ3n) is 4.27. The van der Waals surface area contributed by atoms with Gasteiger partial charge in [-0.1, -0.05) is 39.7 Å². The second-order valence-electron chi connectivity index (χ2n) is 6.85. The summed E-state index contributed by atoms with van der Waals surface area (Å²) in [7, 11) is 0. The van der Waals surface area contributed by atoms with Gasteiger partial charge in [0, 0.05) is 20.7 Å². The molecule has 0 aliphatic rings. The summed E-state index contributed by atoms with van der Waals surface area (Å²) in [5.74, 6) is -0.762. The second-order valence-corrected chi connectivity index (χ2v) is 9.58. The number of halogens is 2. The van der Waals surface area contributed by atoms with Crippen molar-refractivity contribution < 1.29 is 9.18 Å². The van der Waals surface area contributed by atoms with E-state index in [4.69, 9.17) is 12.2 Å². The van der Waals surface area contributed by atoms with E-state index in [0.717, 1.165) is 16.3 Å². The van der Waals surface area contributed by atoms with Crippen molar-refractivity contribution in [2.45, 2.75) is 24.0 Å². The first-order chi connectivity index (χ1) is 14.8. The highest BCUT2D eigenvalue weighted by Crippen LogP contribution is 2.27. The van der Waals surface area contributed by atoms with Crippen LogP contribution in [0.1, 0.15) is 12.5 Å². The van der Waals surface area contributed by atoms with Crippen LogP contribution < -0.4 is 16.0 Å². The number of hydrogen-bond acceptors (Lipinski definition) is 3. The number of benzene rings is 3. The minimum absolute atomic E-state index is 0.156. The smallest absolute Gasteiger partial charge is 0.237 e. The molecule has 0 bridgehead atoms. The maximum absolute atomic E-state index is 14.0. The molecule has 0 aromatic heterocycles. The summed E-state index contributed by atoms with van der Waals surface area (Å²) in [4.78, 5) is 13.4. The van der Waals surface area contributed by atoms with Crippen LogP contribution in [0.15, 0.2) is 76.1 Å². The van der Waals surface area contributed by atoms with Gasteiger partial charge in [-0.3, -0.25) is 4.79 Å². The molecule has 0 aliphatic carbocycles. The monoisotopic (exact) mass is 517 g/mol. The number of carbonyl (C=O) groups excluding carboxylic acids is 1. The van der Waals surface area contributed by atoms with E-state index in [9.17, 15) is 9.18 Å². The Morgan fingerprint density at radius 1 is 1.00 bits per heavy atom. The summed E-state index contributed by atoms with van der Waals surface area (Å²) < 4.78 is 14.6. The van der Waals surface area contributed by atoms with E-state index in [-0.39, 0.29) is 11.6 Å². The maximum atomic E-state index is 14.0. The molecular formula is C23H21BrFN3OS2. The molecule has 1 atom stereocenters. The Balaban J connectivity index is 1.58. The van der Waals surface area contributed by atoms with Gasteiger partial charge in [0.1, 0.15) is 5.82 Å². The van der Waals surface area contributed by atoms with Crippen molar-refractivity contribution in [3.8, 4) is 0 Å². The standard InChI is InChI=1S/C23H21BrFN3OS2/c1-14-6-9-17(10-7-14)26-23(30)27-18-4-3-5-19(13-18)31-15(2)22(29)28-21-11-8-16(24)12-20(21)25/h3-13,15H,1-2H3,(H,28,29)(H2,26,27,30). The second kappa shape index (κ2) is 10.7. The number of rotatable bonds is 6. The highest BCUT2D eigenvalue weighted by molar-refractivity contribution is 9.10. The SMILES string of the molecule is Cc1ccc(NC(=S)Nc2cccc(SC(C)C(=O)Nc3ccc(Br)cc3F)c2)cc1. The molecule has 0 heterocycles. The van der Waals surface area contributed by atoms with E-state index in [1.807, 2.05) is 55.5 Å². The van der Waals surface area contributed by atoms with E-state index >= 15 is 0 Å². The minimum atomic E-state index is -0.485. The van der Waals surface area contributed by atoms with Gasteiger partial charge in [0.2, 0.25) is 5.91 Å². The number of amides is 1. The summed E-state index contributed by atoms with van der Waals surface area (Å²) in [6.45, 7) is 3.81. The van der Waals surface area contributed by atoms with Gasteiger partial charge >= 0.3 is 0 Å². The van der Waals surface area contributed by atoms with Crippen LogP contribution in [0.2, 0.25) is 0 Å². The van der Waals surface area contributed by atoms with Gasteiger partial charge in [0.05, 0.1) is 10.9 Å². The van der Waals surface area contributed by atoms with E-state index in [0.29, 0.717) is 9.59 Å². The molecule has 3 aromatic rings. The predicted molar refractivity (Wildman–Crippen MR) is 136 cm³/mol. The van der Waals surface area contributed by atoms with Crippen LogP contribution in [0.3, 0.4) is 0 Å². The van der Waals surface area contributed by atoms with Crippen molar-refractivity contribution in [1.29, 1.82) is 0 Å². The molecule has 3 rings (SSSR count). The van der Waals surface area contributed by atoms with Crippen molar-refractivity contribution in [3.63, 3.8) is 0 Å². The zero-order valence-electron chi connectivity index (χ0n) is 16.9. The number of aryl methyl sites for hydroxylation is 1. The van der Waals surface area contributed by atoms with Crippen LogP contribution in [-0.2, 0) is 4.79 Å². The molecular weight excluding hydrogens is 497 g/mol. The Hall–Kier alpha value is -2.42. The van der Waals surface area contributed by atoms with E-state index in [1.165, 1.54) is 29.5 Å². The van der Waals surface area contributed by atoms with Gasteiger partial charge in [-0.05, 0) is 74.6 Å². The Labute approximate surface area is 199 Å². The minimum Gasteiger partial charge on any atom is -0.332 e. The van der Waals surface area contributed by atoms with Crippen LogP contribution in [0.5, 0.6) is 0 Å². The highest BCUT2D eigenvalue weighted by atomic mass is 79.9. The summed E-state index contributed by atoms with van der Waals surface area (Å²) in [5.41, 5.74) is 3.04. The Kier molecular flexibility index (Phi) is 8.06. The molecule has 160 valence electrons. The molecule has 0 aliphatic heterocycles. The van der Waals surface area contributed by atoms with Gasteiger partial charge in [-0.25, -0.2) is 4.39 Å². The van der Waals surface area contributed by atoms with Crippen LogP contribution >= 0.6 is 39.9 Å². The lowest BCUT2D eigenvalue weighted by molar-refractivity contribution is -0.115. The predicted octanol–water partition coefficient (Wildman–Crippen LogP) is 6.82. The van der Waals surface area contributed by atoms with E-state index < -0.39 is 11.1 Å². The van der Waals surface area contributed by atoms with Gasteiger partial charge < -0.3 is 16.0 Å². The molecule has 0 fully saturated rings. The first-order valence-corrected chi connectivity index (χ1v) is 11.6. The molecule has 3 aromatic carbocycles. The lowest BCUT2D eigenvalue weighted by Crippen LogP contribution is -2.23. The fourth-order valence-corrected chi connectivity index (χ4v) is 4.16. The lowest BCUT2D eigenvalue weighted by Gasteiger charge is -2.14. The molecule has 0 radical (unpaired) electrons. The summed E-state index contributed by atoms with van der Waals surface area (Å²) in [6, 6.07) is 20.1. The van der Waals surface area contributed by atoms with Gasteiger partial charge in [-0.2, -0.15) is 0 Å². The van der Waals surface area contributed by atoms with E-state index in [1.54, 1.807) is 13.0 Å². The number of anilines is 3. The fourth-order valence-electron chi connectivity index (χ4n) is 2.66. The molecule has 0 saturated heterocycles. The maximum Gasteiger partial charge on any atom is 0.237 e. The van der Waals surface area contributed by atoms with Crippen molar-refractivity contribution in [1.82, 2.24) is 0 Å². The van der Waals surface area contributed by atoms with Gasteiger partial charge in [0.25, 0.3) is 0 Å². The number of nitrogens with one attached hydrogen (secondary N) is 3. The number of thioether (sulfide) groups is 1. The molecule has 1 unspecified atom stereocenters. The lowest BCUT2D eigenvalue weighted by atomic mass is 10.2. The first-order valence-electron chi connectivity index (χ1n) is 9.47. The average Bonchev–Trinajstić information content (AvgIpc) is 2.72. The molecule has 4 nitrogen and oxygen atoms in total. The van der Waals surface area contributed by atoms with Crippen molar-refractivity contribution in [2.75, 3.05) is 16.0 Å². The topological polar surface area (TPSA) is 53.2 Å². The Morgan fingerprint density at radius 3 is 2.42 bits per heavy atom. The molecule has 31 heavy (non-hydrogen) atoms. The summed E-state index contributed by atoms with van der Waals surface area (Å²) in [6.07, 6.45) is 0. The molecule has 1 amide bonds. The van der Waals surface area contributed by atoms with Crippen LogP contribution in [-0.4, -0.2) is 16.3 Å². The quantitative estimate of drug-likeness (QED) is 0.247. The fraction of sp³-hybridized carbons (Fsp3) is 0.130. The van der Waals surface area contributed by atoms with Gasteiger partial charge in [-0.15, -0.1) is 11.8 Å². The molecule has 0 saturated carbocycles. The van der Waals surface area contributed by atoms with Crippen LogP contribution in [0.25, 0.3) is 0 Å². The van der Waals surface area contributed by atoms with Gasteiger partial charge in [0.15, 0.2) is 5.11 Å². The molecule has 0 spiro atoms. The highest BCUT2D eigenvalue weighted by Gasteiger charge is 2.16.